The lowest BCUT2D eigenvalue weighted by Gasteiger charge is -1.99. The van der Waals surface area contributed by atoms with E-state index >= 15 is 0 Å². The summed E-state index contributed by atoms with van der Waals surface area (Å²) in [6, 6.07) is 4.01. The molecule has 0 aliphatic carbocycles. The van der Waals surface area contributed by atoms with Gasteiger partial charge in [0.05, 0.1) is 4.92 Å². The number of esters is 1. The van der Waals surface area contributed by atoms with Gasteiger partial charge in [-0.25, -0.2) is 9.79 Å². The van der Waals surface area contributed by atoms with E-state index < -0.39 is 22.3 Å². The molecule has 0 saturated carbocycles. The van der Waals surface area contributed by atoms with Crippen LogP contribution in [0.5, 0.6) is 5.75 Å². The number of phenols is 1. The van der Waals surface area contributed by atoms with Gasteiger partial charge >= 0.3 is 11.7 Å². The van der Waals surface area contributed by atoms with E-state index in [1.165, 1.54) is 31.2 Å². The first kappa shape index (κ1) is 11.8. The quantitative estimate of drug-likeness (QED) is 0.370. The van der Waals surface area contributed by atoms with Gasteiger partial charge in [0, 0.05) is 18.6 Å². The summed E-state index contributed by atoms with van der Waals surface area (Å²) in [5, 5.41) is 20.3. The summed E-state index contributed by atoms with van der Waals surface area (Å²) in [7, 11) is 0. The fraction of sp³-hybridized carbons (Fsp3) is 0.0909. The highest BCUT2D eigenvalue weighted by Gasteiger charge is 2.22. The fourth-order valence-electron chi connectivity index (χ4n) is 1.48. The number of carbonyl (C=O) groups excluding carboxylic acids is 1. The van der Waals surface area contributed by atoms with Crippen molar-refractivity contribution in [2.45, 2.75) is 6.92 Å². The van der Waals surface area contributed by atoms with Gasteiger partial charge < -0.3 is 9.84 Å². The molecule has 7 heteroatoms. The zero-order valence-electron chi connectivity index (χ0n) is 9.28. The lowest BCUT2D eigenvalue weighted by Crippen LogP contribution is -2.00. The summed E-state index contributed by atoms with van der Waals surface area (Å²) in [4.78, 5) is 25.0. The van der Waals surface area contributed by atoms with Crippen molar-refractivity contribution >= 4 is 23.6 Å². The third-order valence-electron chi connectivity index (χ3n) is 2.26. The Hall–Kier alpha value is -2.70. The summed E-state index contributed by atoms with van der Waals surface area (Å²) in [6.45, 7) is 1.51. The molecular weight excluding hydrogens is 240 g/mol. The van der Waals surface area contributed by atoms with Crippen LogP contribution in [0, 0.1) is 10.1 Å². The number of aliphatic imine (C=N–C) groups is 1. The maximum absolute atomic E-state index is 11.3. The number of aromatic hydroxyl groups is 1. The predicted molar refractivity (Wildman–Crippen MR) is 61.9 cm³/mol. The van der Waals surface area contributed by atoms with E-state index in [-0.39, 0.29) is 17.2 Å². The first-order valence-corrected chi connectivity index (χ1v) is 4.94. The van der Waals surface area contributed by atoms with Crippen molar-refractivity contribution in [3.05, 3.63) is 39.6 Å². The van der Waals surface area contributed by atoms with Gasteiger partial charge in [0.2, 0.25) is 5.75 Å². The van der Waals surface area contributed by atoms with Crippen molar-refractivity contribution in [1.82, 2.24) is 0 Å². The van der Waals surface area contributed by atoms with E-state index in [4.69, 9.17) is 4.74 Å². The first-order valence-electron chi connectivity index (χ1n) is 4.94. The van der Waals surface area contributed by atoms with Gasteiger partial charge in [-0.2, -0.15) is 0 Å². The van der Waals surface area contributed by atoms with Crippen LogP contribution in [0.25, 0.3) is 6.08 Å². The summed E-state index contributed by atoms with van der Waals surface area (Å²) in [5.74, 6) is -0.975. The Morgan fingerprint density at radius 3 is 2.78 bits per heavy atom. The Kier molecular flexibility index (Phi) is 2.80. The molecule has 0 spiro atoms. The van der Waals surface area contributed by atoms with E-state index in [0.717, 1.165) is 0 Å². The average molecular weight is 248 g/mol. The van der Waals surface area contributed by atoms with Crippen LogP contribution in [-0.4, -0.2) is 21.9 Å². The van der Waals surface area contributed by atoms with Crippen molar-refractivity contribution < 1.29 is 19.6 Å². The number of ether oxygens (including phenoxy) is 1. The Labute approximate surface area is 101 Å². The molecule has 0 amide bonds. The molecule has 1 aromatic rings. The second-order valence-electron chi connectivity index (χ2n) is 3.52. The summed E-state index contributed by atoms with van der Waals surface area (Å²) in [6.07, 6.45) is 1.24. The molecule has 1 aromatic carbocycles. The van der Waals surface area contributed by atoms with Gasteiger partial charge in [0.25, 0.3) is 0 Å². The van der Waals surface area contributed by atoms with Crippen LogP contribution in [-0.2, 0) is 9.53 Å². The first-order chi connectivity index (χ1) is 8.49. The lowest BCUT2D eigenvalue weighted by molar-refractivity contribution is -0.385. The predicted octanol–water partition coefficient (Wildman–Crippen LogP) is 1.62. The third kappa shape index (κ3) is 2.05. The highest BCUT2D eigenvalue weighted by atomic mass is 16.6. The molecule has 0 unspecified atom stereocenters. The topological polar surface area (TPSA) is 102 Å². The van der Waals surface area contributed by atoms with Crippen molar-refractivity contribution in [3.63, 3.8) is 0 Å². The van der Waals surface area contributed by atoms with Gasteiger partial charge in [-0.1, -0.05) is 12.1 Å². The molecule has 0 atom stereocenters. The standard InChI is InChI=1S/C11H8N2O5/c1-6-12-8(11(15)18-6)5-7-3-2-4-9(10(7)14)13(16)17/h2-5,14H,1H3. The van der Waals surface area contributed by atoms with Crippen LogP contribution in [0.2, 0.25) is 0 Å². The Bertz CT molecular complexity index is 603. The second kappa shape index (κ2) is 4.28. The maximum atomic E-state index is 11.3. The molecule has 1 aliphatic heterocycles. The second-order valence-corrected chi connectivity index (χ2v) is 3.52. The highest BCUT2D eigenvalue weighted by molar-refractivity contribution is 6.06. The molecule has 7 nitrogen and oxygen atoms in total. The van der Waals surface area contributed by atoms with Gasteiger partial charge in [0.15, 0.2) is 11.6 Å². The highest BCUT2D eigenvalue weighted by Crippen LogP contribution is 2.31. The molecule has 1 heterocycles. The van der Waals surface area contributed by atoms with Crippen LogP contribution in [0.15, 0.2) is 28.9 Å². The van der Waals surface area contributed by atoms with Gasteiger partial charge in [0.1, 0.15) is 0 Å². The summed E-state index contributed by atoms with van der Waals surface area (Å²) >= 11 is 0. The zero-order chi connectivity index (χ0) is 13.3. The van der Waals surface area contributed by atoms with Gasteiger partial charge in [-0.3, -0.25) is 10.1 Å². The molecule has 1 N–H and O–H groups in total. The van der Waals surface area contributed by atoms with Gasteiger partial charge in [-0.15, -0.1) is 0 Å². The maximum Gasteiger partial charge on any atom is 0.363 e. The number of hydrogen-bond acceptors (Lipinski definition) is 6. The zero-order valence-corrected chi connectivity index (χ0v) is 9.28. The minimum Gasteiger partial charge on any atom is -0.502 e. The SMILES string of the molecule is CC1=NC(=Cc2cccc([N+](=O)[O-])c2O)C(=O)O1. The van der Waals surface area contributed by atoms with Crippen LogP contribution in [0.3, 0.4) is 0 Å². The minimum atomic E-state index is -0.709. The molecule has 92 valence electrons. The smallest absolute Gasteiger partial charge is 0.363 e. The van der Waals surface area contributed by atoms with Crippen LogP contribution in [0.4, 0.5) is 5.69 Å². The minimum absolute atomic E-state index is 0.0108. The Morgan fingerprint density at radius 2 is 2.22 bits per heavy atom. The number of para-hydroxylation sites is 1. The molecule has 0 saturated heterocycles. The average Bonchev–Trinajstić information content (AvgIpc) is 2.60. The van der Waals surface area contributed by atoms with Crippen LogP contribution in [0.1, 0.15) is 12.5 Å². The number of benzene rings is 1. The Balaban J connectivity index is 2.48. The van der Waals surface area contributed by atoms with E-state index in [2.05, 4.69) is 4.99 Å². The Morgan fingerprint density at radius 1 is 1.50 bits per heavy atom. The summed E-state index contributed by atoms with van der Waals surface area (Å²) in [5.41, 5.74) is -0.311. The molecule has 0 bridgehead atoms. The number of hydrogen-bond donors (Lipinski definition) is 1. The van der Waals surface area contributed by atoms with E-state index in [1.54, 1.807) is 0 Å². The van der Waals surface area contributed by atoms with E-state index in [9.17, 15) is 20.0 Å². The molecule has 0 fully saturated rings. The number of carbonyl (C=O) groups is 1. The molecule has 1 aliphatic rings. The molecular formula is C11H8N2O5. The van der Waals surface area contributed by atoms with Crippen molar-refractivity contribution in [3.8, 4) is 5.75 Å². The lowest BCUT2D eigenvalue weighted by atomic mass is 10.1. The number of nitro benzene ring substituents is 1. The fourth-order valence-corrected chi connectivity index (χ4v) is 1.48. The van der Waals surface area contributed by atoms with Gasteiger partial charge in [-0.05, 0) is 6.08 Å². The number of rotatable bonds is 2. The number of nitrogens with zero attached hydrogens (tertiary/aromatic N) is 2. The molecule has 18 heavy (non-hydrogen) atoms. The normalized spacial score (nSPS) is 16.6. The van der Waals surface area contributed by atoms with Crippen LogP contribution < -0.4 is 0 Å². The monoisotopic (exact) mass is 248 g/mol. The number of phenolic OH excluding ortho intramolecular Hbond substituents is 1. The van der Waals surface area contributed by atoms with E-state index in [0.29, 0.717) is 0 Å². The molecule has 0 aromatic heterocycles. The number of nitro groups is 1. The van der Waals surface area contributed by atoms with E-state index in [1.807, 2.05) is 0 Å². The summed E-state index contributed by atoms with van der Waals surface area (Å²) < 4.78 is 4.69. The number of cyclic esters (lactones) is 1. The molecule has 2 rings (SSSR count). The van der Waals surface area contributed by atoms with Crippen molar-refractivity contribution in [1.29, 1.82) is 0 Å². The third-order valence-corrected chi connectivity index (χ3v) is 2.26. The van der Waals surface area contributed by atoms with Crippen LogP contribution >= 0.6 is 0 Å². The van der Waals surface area contributed by atoms with Crippen molar-refractivity contribution in [2.24, 2.45) is 4.99 Å². The largest absolute Gasteiger partial charge is 0.502 e. The molecule has 0 radical (unpaired) electrons. The van der Waals surface area contributed by atoms with Crippen molar-refractivity contribution in [2.75, 3.05) is 0 Å².